The molecular weight excluding hydrogens is 344 g/mol. The molecule has 1 aliphatic heterocycles. The predicted molar refractivity (Wildman–Crippen MR) is 102 cm³/mol. The normalized spacial score (nSPS) is 20.0. The summed E-state index contributed by atoms with van der Waals surface area (Å²) in [6.07, 6.45) is -0.515. The number of aromatic amines is 1. The van der Waals surface area contributed by atoms with Crippen LogP contribution in [0.4, 0.5) is 0 Å². The molecule has 138 valence electrons. The lowest BCUT2D eigenvalue weighted by Crippen LogP contribution is -2.49. The number of H-pyrrole nitrogens is 1. The number of ether oxygens (including phenoxy) is 1. The average Bonchev–Trinajstić information content (AvgIpc) is 2.72. The number of morpholine rings is 1. The summed E-state index contributed by atoms with van der Waals surface area (Å²) in [6.45, 7) is 0.525. The van der Waals surface area contributed by atoms with Crippen molar-refractivity contribution >= 4 is 16.8 Å². The molecule has 0 saturated carbocycles. The first-order valence-corrected chi connectivity index (χ1v) is 8.89. The molecule has 2 atom stereocenters. The second kappa shape index (κ2) is 7.34. The van der Waals surface area contributed by atoms with Crippen LogP contribution in [0, 0.1) is 0 Å². The van der Waals surface area contributed by atoms with E-state index in [0.29, 0.717) is 29.6 Å². The Hall–Kier alpha value is -2.96. The molecular formula is C21H20N2O4. The summed E-state index contributed by atoms with van der Waals surface area (Å²) in [5, 5.41) is 10.5. The van der Waals surface area contributed by atoms with Crippen molar-refractivity contribution in [2.24, 2.45) is 0 Å². The van der Waals surface area contributed by atoms with Crippen LogP contribution in [-0.4, -0.2) is 46.8 Å². The van der Waals surface area contributed by atoms with Crippen LogP contribution in [0.15, 0.2) is 65.5 Å². The van der Waals surface area contributed by atoms with E-state index in [-0.39, 0.29) is 18.1 Å². The smallest absolute Gasteiger partial charge is 0.255 e. The monoisotopic (exact) mass is 364 g/mol. The van der Waals surface area contributed by atoms with Gasteiger partial charge in [0.15, 0.2) is 0 Å². The number of benzene rings is 2. The molecule has 3 aromatic rings. The predicted octanol–water partition coefficient (Wildman–Crippen LogP) is 2.10. The molecule has 2 heterocycles. The van der Waals surface area contributed by atoms with Crippen LogP contribution < -0.4 is 5.56 Å². The van der Waals surface area contributed by atoms with E-state index < -0.39 is 12.1 Å². The van der Waals surface area contributed by atoms with Crippen molar-refractivity contribution in [3.05, 3.63) is 82.1 Å². The summed E-state index contributed by atoms with van der Waals surface area (Å²) in [5.74, 6) is -0.243. The lowest BCUT2D eigenvalue weighted by Gasteiger charge is -2.41. The molecule has 0 spiro atoms. The van der Waals surface area contributed by atoms with Gasteiger partial charge in [0.05, 0.1) is 24.8 Å². The maximum absolute atomic E-state index is 13.4. The second-order valence-electron chi connectivity index (χ2n) is 6.54. The topological polar surface area (TPSA) is 82.6 Å². The molecule has 1 aliphatic rings. The Labute approximate surface area is 156 Å². The van der Waals surface area contributed by atoms with E-state index in [2.05, 4.69) is 4.98 Å². The number of aromatic nitrogens is 1. The first-order chi connectivity index (χ1) is 13.2. The fourth-order valence-corrected chi connectivity index (χ4v) is 3.69. The number of aliphatic hydroxyl groups is 1. The first-order valence-electron chi connectivity index (χ1n) is 8.89. The number of hydrogen-bond donors (Lipinski definition) is 2. The van der Waals surface area contributed by atoms with Gasteiger partial charge in [-0.25, -0.2) is 0 Å². The van der Waals surface area contributed by atoms with Crippen molar-refractivity contribution in [3.63, 3.8) is 0 Å². The number of rotatable bonds is 3. The molecule has 0 radical (unpaired) electrons. The number of carbonyl (C=O) groups excluding carboxylic acids is 1. The van der Waals surface area contributed by atoms with Gasteiger partial charge in [0.1, 0.15) is 6.10 Å². The number of hydrogen-bond acceptors (Lipinski definition) is 4. The van der Waals surface area contributed by atoms with Gasteiger partial charge in [-0.15, -0.1) is 0 Å². The number of fused-ring (bicyclic) bond motifs is 1. The third kappa shape index (κ3) is 3.25. The molecule has 6 nitrogen and oxygen atoms in total. The van der Waals surface area contributed by atoms with Crippen LogP contribution in [0.25, 0.3) is 10.9 Å². The van der Waals surface area contributed by atoms with E-state index in [0.717, 1.165) is 5.56 Å². The van der Waals surface area contributed by atoms with Crippen LogP contribution >= 0.6 is 0 Å². The van der Waals surface area contributed by atoms with Gasteiger partial charge in [0.25, 0.3) is 5.91 Å². The number of nitrogens with one attached hydrogen (secondary N) is 1. The number of nitrogens with zero attached hydrogens (tertiary/aromatic N) is 1. The highest BCUT2D eigenvalue weighted by Gasteiger charge is 2.36. The van der Waals surface area contributed by atoms with Gasteiger partial charge >= 0.3 is 0 Å². The van der Waals surface area contributed by atoms with E-state index >= 15 is 0 Å². The number of para-hydroxylation sites is 1. The summed E-state index contributed by atoms with van der Waals surface area (Å²) in [7, 11) is 0. The molecule has 2 N–H and O–H groups in total. The molecule has 2 aromatic carbocycles. The van der Waals surface area contributed by atoms with Gasteiger partial charge in [-0.3, -0.25) is 9.59 Å². The zero-order valence-electron chi connectivity index (χ0n) is 14.7. The second-order valence-corrected chi connectivity index (χ2v) is 6.54. The minimum absolute atomic E-state index is 0.195. The van der Waals surface area contributed by atoms with Crippen molar-refractivity contribution in [2.75, 3.05) is 19.8 Å². The average molecular weight is 364 g/mol. The van der Waals surface area contributed by atoms with E-state index in [4.69, 9.17) is 4.74 Å². The Bertz CT molecular complexity index is 1020. The molecule has 0 unspecified atom stereocenters. The first kappa shape index (κ1) is 17.5. The van der Waals surface area contributed by atoms with E-state index in [1.165, 1.54) is 6.07 Å². The van der Waals surface area contributed by atoms with Crippen LogP contribution in [0.1, 0.15) is 22.0 Å². The van der Waals surface area contributed by atoms with Crippen molar-refractivity contribution < 1.29 is 14.6 Å². The van der Waals surface area contributed by atoms with Crippen LogP contribution in [0.3, 0.4) is 0 Å². The molecule has 1 amide bonds. The Morgan fingerprint density at radius 1 is 1.15 bits per heavy atom. The fraction of sp³-hybridized carbons (Fsp3) is 0.238. The number of aliphatic hydroxyl groups excluding tert-OH is 1. The lowest BCUT2D eigenvalue weighted by molar-refractivity contribution is -0.0811. The molecule has 6 heteroatoms. The molecule has 1 aromatic heterocycles. The largest absolute Gasteiger partial charge is 0.394 e. The SMILES string of the molecule is O=C(c1cc(=O)[nH]c2ccccc12)N1CCO[C@@H](CO)[C@@H]1c1ccccc1. The summed E-state index contributed by atoms with van der Waals surface area (Å²) < 4.78 is 5.71. The van der Waals surface area contributed by atoms with Gasteiger partial charge in [0.2, 0.25) is 5.56 Å². The Morgan fingerprint density at radius 3 is 2.67 bits per heavy atom. The highest BCUT2D eigenvalue weighted by atomic mass is 16.5. The fourth-order valence-electron chi connectivity index (χ4n) is 3.69. The standard InChI is InChI=1S/C21H20N2O4/c24-13-18-20(14-6-2-1-3-7-14)23(10-11-27-18)21(26)16-12-19(25)22-17-9-5-4-8-15(16)17/h1-9,12,18,20,24H,10-11,13H2,(H,22,25)/t18-,20-/m0/s1. The van der Waals surface area contributed by atoms with Crippen molar-refractivity contribution in [2.45, 2.75) is 12.1 Å². The molecule has 1 fully saturated rings. The highest BCUT2D eigenvalue weighted by molar-refractivity contribution is 6.06. The molecule has 0 bridgehead atoms. The third-order valence-corrected chi connectivity index (χ3v) is 4.91. The minimum Gasteiger partial charge on any atom is -0.394 e. The molecule has 4 rings (SSSR count). The van der Waals surface area contributed by atoms with Gasteiger partial charge in [-0.05, 0) is 11.6 Å². The van der Waals surface area contributed by atoms with E-state index in [1.54, 1.807) is 11.0 Å². The number of pyridine rings is 1. The number of amides is 1. The van der Waals surface area contributed by atoms with Gasteiger partial charge < -0.3 is 19.7 Å². The zero-order chi connectivity index (χ0) is 18.8. The summed E-state index contributed by atoms with van der Waals surface area (Å²) in [5.41, 5.74) is 1.55. The number of carbonyl (C=O) groups is 1. The van der Waals surface area contributed by atoms with Crippen LogP contribution in [0.2, 0.25) is 0 Å². The molecule has 1 saturated heterocycles. The van der Waals surface area contributed by atoms with Gasteiger partial charge in [-0.2, -0.15) is 0 Å². The highest BCUT2D eigenvalue weighted by Crippen LogP contribution is 2.31. The summed E-state index contributed by atoms with van der Waals surface area (Å²) in [6, 6.07) is 17.7. The van der Waals surface area contributed by atoms with Crippen molar-refractivity contribution in [3.8, 4) is 0 Å². The van der Waals surface area contributed by atoms with Crippen molar-refractivity contribution in [1.82, 2.24) is 9.88 Å². The third-order valence-electron chi connectivity index (χ3n) is 4.91. The zero-order valence-corrected chi connectivity index (χ0v) is 14.7. The summed E-state index contributed by atoms with van der Waals surface area (Å²) >= 11 is 0. The maximum Gasteiger partial charge on any atom is 0.255 e. The maximum atomic E-state index is 13.4. The quantitative estimate of drug-likeness (QED) is 0.746. The van der Waals surface area contributed by atoms with Gasteiger partial charge in [0, 0.05) is 23.5 Å². The summed E-state index contributed by atoms with van der Waals surface area (Å²) in [4.78, 5) is 30.0. The van der Waals surface area contributed by atoms with Gasteiger partial charge in [-0.1, -0.05) is 48.5 Å². The van der Waals surface area contributed by atoms with E-state index in [1.807, 2.05) is 48.5 Å². The van der Waals surface area contributed by atoms with Crippen LogP contribution in [0.5, 0.6) is 0 Å². The molecule has 0 aliphatic carbocycles. The van der Waals surface area contributed by atoms with Crippen LogP contribution in [-0.2, 0) is 4.74 Å². The minimum atomic E-state index is -0.515. The Morgan fingerprint density at radius 2 is 1.89 bits per heavy atom. The Kier molecular flexibility index (Phi) is 4.75. The van der Waals surface area contributed by atoms with E-state index in [9.17, 15) is 14.7 Å². The molecule has 27 heavy (non-hydrogen) atoms. The Balaban J connectivity index is 1.81. The van der Waals surface area contributed by atoms with Crippen molar-refractivity contribution in [1.29, 1.82) is 0 Å². The lowest BCUT2D eigenvalue weighted by atomic mass is 9.97.